The van der Waals surface area contributed by atoms with Crippen molar-refractivity contribution in [3.63, 3.8) is 0 Å². The number of aryl methyl sites for hydroxylation is 3. The average molecular weight is 487 g/mol. The van der Waals surface area contributed by atoms with Gasteiger partial charge in [-0.1, -0.05) is 24.3 Å². The lowest BCUT2D eigenvalue weighted by Crippen LogP contribution is -2.64. The van der Waals surface area contributed by atoms with Gasteiger partial charge in [0.1, 0.15) is 11.7 Å². The van der Waals surface area contributed by atoms with Crippen molar-refractivity contribution >= 4 is 17.8 Å². The van der Waals surface area contributed by atoms with Crippen molar-refractivity contribution in [1.82, 2.24) is 34.4 Å². The predicted octanol–water partition coefficient (Wildman–Crippen LogP) is 2.34. The molecular formula is C26H30N8O2. The normalized spacial score (nSPS) is 21.3. The van der Waals surface area contributed by atoms with Crippen molar-refractivity contribution in [2.45, 2.75) is 57.9 Å². The quantitative estimate of drug-likeness (QED) is 0.577. The fourth-order valence-electron chi connectivity index (χ4n) is 5.44. The number of likely N-dealkylation sites (N-methyl/N-ethyl adjacent to an activating group) is 1. The Hall–Kier alpha value is -3.95. The van der Waals surface area contributed by atoms with Crippen LogP contribution < -0.4 is 5.32 Å². The molecule has 6 rings (SSSR count). The van der Waals surface area contributed by atoms with Crippen molar-refractivity contribution in [3.8, 4) is 11.3 Å². The van der Waals surface area contributed by atoms with Gasteiger partial charge in [0.05, 0.1) is 11.4 Å². The zero-order valence-corrected chi connectivity index (χ0v) is 20.6. The second-order valence-electron chi connectivity index (χ2n) is 9.66. The third-order valence-electron chi connectivity index (χ3n) is 7.26. The molecule has 2 atom stereocenters. The van der Waals surface area contributed by atoms with Crippen LogP contribution >= 0.6 is 0 Å². The second-order valence-corrected chi connectivity index (χ2v) is 9.66. The third kappa shape index (κ3) is 3.96. The molecule has 1 N–H and O–H groups in total. The van der Waals surface area contributed by atoms with Crippen LogP contribution in [0.5, 0.6) is 0 Å². The molecule has 1 fully saturated rings. The Bertz CT molecular complexity index is 1310. The fourth-order valence-corrected chi connectivity index (χ4v) is 5.44. The molecule has 0 bridgehead atoms. The Morgan fingerprint density at radius 3 is 2.64 bits per heavy atom. The van der Waals surface area contributed by atoms with Crippen molar-refractivity contribution in [2.75, 3.05) is 6.54 Å². The number of amides is 3. The number of hydrogen-bond acceptors (Lipinski definition) is 6. The van der Waals surface area contributed by atoms with Crippen LogP contribution in [0, 0.1) is 0 Å². The van der Waals surface area contributed by atoms with Gasteiger partial charge in [-0.3, -0.25) is 19.7 Å². The summed E-state index contributed by atoms with van der Waals surface area (Å²) in [5.41, 5.74) is 3.96. The summed E-state index contributed by atoms with van der Waals surface area (Å²) in [7, 11) is 1.90. The van der Waals surface area contributed by atoms with Gasteiger partial charge in [0.15, 0.2) is 12.2 Å². The molecule has 3 aliphatic heterocycles. The maximum atomic E-state index is 13.0. The molecule has 3 aliphatic rings. The number of fused-ring (bicyclic) bond motifs is 2. The molecule has 0 radical (unpaired) electrons. The molecule has 0 saturated carbocycles. The van der Waals surface area contributed by atoms with E-state index in [9.17, 15) is 9.59 Å². The lowest BCUT2D eigenvalue weighted by molar-refractivity contribution is -0.127. The molecule has 186 valence electrons. The zero-order valence-electron chi connectivity index (χ0n) is 20.6. The Kier molecular flexibility index (Phi) is 5.58. The monoisotopic (exact) mass is 486 g/mol. The van der Waals surface area contributed by atoms with E-state index in [1.54, 1.807) is 9.58 Å². The van der Waals surface area contributed by atoms with Crippen LogP contribution in [0.1, 0.15) is 36.8 Å². The highest BCUT2D eigenvalue weighted by Gasteiger charge is 2.49. The number of aliphatic imine (C=N–C) groups is 1. The second kappa shape index (κ2) is 8.92. The number of imidazole rings is 1. The first-order valence-electron chi connectivity index (χ1n) is 12.6. The number of nitrogens with zero attached hydrogens (tertiary/aromatic N) is 7. The van der Waals surface area contributed by atoms with E-state index in [0.29, 0.717) is 19.5 Å². The molecular weight excluding hydrogens is 456 g/mol. The maximum absolute atomic E-state index is 13.0. The fraction of sp³-hybridized carbons (Fsp3) is 0.423. The first kappa shape index (κ1) is 22.5. The highest BCUT2D eigenvalue weighted by Crippen LogP contribution is 2.29. The van der Waals surface area contributed by atoms with Gasteiger partial charge in [-0.25, -0.2) is 14.8 Å². The molecule has 1 saturated heterocycles. The van der Waals surface area contributed by atoms with Gasteiger partial charge in [-0.15, -0.1) is 0 Å². The van der Waals surface area contributed by atoms with Gasteiger partial charge in [0.25, 0.3) is 5.91 Å². The summed E-state index contributed by atoms with van der Waals surface area (Å²) in [4.78, 5) is 39.0. The standard InChI is InChI=1S/C26H30N8O2/c1-3-33-24-23(25(35)29-26(33)36)34(15-17-7-9-18(10-8-17)20-11-13-31(2)30-20)22(28-24)14-19-16-32-12-5-4-6-21(32)27-19/h7-11,13,16,23-24H,3-6,12,14-15H2,1-2H3,(H,29,35,36). The van der Waals surface area contributed by atoms with Crippen molar-refractivity contribution < 1.29 is 9.59 Å². The largest absolute Gasteiger partial charge is 0.340 e. The van der Waals surface area contributed by atoms with Crippen LogP contribution in [0.4, 0.5) is 4.79 Å². The SMILES string of the molecule is CCN1C(=O)NC(=O)C2C1N=C(Cc1cn3c(n1)CCCC3)N2Cc1ccc(-c2ccn(C)n2)cc1. The van der Waals surface area contributed by atoms with Gasteiger partial charge in [-0.2, -0.15) is 5.10 Å². The summed E-state index contributed by atoms with van der Waals surface area (Å²) in [5.74, 6) is 1.60. The topological polar surface area (TPSA) is 101 Å². The van der Waals surface area contributed by atoms with Crippen molar-refractivity contribution in [1.29, 1.82) is 0 Å². The molecule has 2 unspecified atom stereocenters. The Labute approximate surface area is 209 Å². The van der Waals surface area contributed by atoms with E-state index in [-0.39, 0.29) is 11.9 Å². The molecule has 3 amide bonds. The minimum Gasteiger partial charge on any atom is -0.340 e. The predicted molar refractivity (Wildman–Crippen MR) is 134 cm³/mol. The summed E-state index contributed by atoms with van der Waals surface area (Å²) < 4.78 is 4.02. The average Bonchev–Trinajstić information content (AvgIpc) is 3.57. The van der Waals surface area contributed by atoms with E-state index in [1.807, 2.05) is 43.3 Å². The van der Waals surface area contributed by atoms with Gasteiger partial charge in [0, 0.05) is 57.5 Å². The highest BCUT2D eigenvalue weighted by atomic mass is 16.2. The van der Waals surface area contributed by atoms with Crippen LogP contribution in [0.3, 0.4) is 0 Å². The summed E-state index contributed by atoms with van der Waals surface area (Å²) in [6.45, 7) is 3.88. The molecule has 36 heavy (non-hydrogen) atoms. The van der Waals surface area contributed by atoms with E-state index in [2.05, 4.69) is 33.3 Å². The number of urea groups is 1. The molecule has 0 aliphatic carbocycles. The molecule has 1 aromatic carbocycles. The molecule has 3 aromatic rings. The molecule has 10 nitrogen and oxygen atoms in total. The number of imide groups is 1. The van der Waals surface area contributed by atoms with E-state index in [4.69, 9.17) is 9.98 Å². The van der Waals surface area contributed by atoms with Crippen LogP contribution in [-0.2, 0) is 37.8 Å². The number of carbonyl (C=O) groups is 2. The van der Waals surface area contributed by atoms with Crippen molar-refractivity contribution in [2.24, 2.45) is 12.0 Å². The summed E-state index contributed by atoms with van der Waals surface area (Å²) in [5, 5.41) is 7.00. The lowest BCUT2D eigenvalue weighted by Gasteiger charge is -2.37. The van der Waals surface area contributed by atoms with E-state index in [1.165, 1.54) is 6.42 Å². The molecule has 2 aromatic heterocycles. The Morgan fingerprint density at radius 2 is 1.92 bits per heavy atom. The molecule has 10 heteroatoms. The third-order valence-corrected chi connectivity index (χ3v) is 7.26. The number of aromatic nitrogens is 4. The smallest absolute Gasteiger partial charge is 0.325 e. The first-order chi connectivity index (χ1) is 17.5. The first-order valence-corrected chi connectivity index (χ1v) is 12.6. The number of amidine groups is 1. The Balaban J connectivity index is 1.30. The maximum Gasteiger partial charge on any atom is 0.325 e. The number of hydrogen-bond donors (Lipinski definition) is 1. The minimum atomic E-state index is -0.564. The molecule has 0 spiro atoms. The van der Waals surface area contributed by atoms with Gasteiger partial charge < -0.3 is 9.47 Å². The highest BCUT2D eigenvalue weighted by molar-refractivity contribution is 6.04. The van der Waals surface area contributed by atoms with Crippen LogP contribution in [0.25, 0.3) is 11.3 Å². The van der Waals surface area contributed by atoms with Crippen LogP contribution in [-0.4, -0.2) is 65.7 Å². The van der Waals surface area contributed by atoms with Gasteiger partial charge in [-0.05, 0) is 31.4 Å². The number of rotatable bonds is 6. The van der Waals surface area contributed by atoms with Gasteiger partial charge >= 0.3 is 6.03 Å². The van der Waals surface area contributed by atoms with E-state index < -0.39 is 12.2 Å². The molecule has 5 heterocycles. The lowest BCUT2D eigenvalue weighted by atomic mass is 10.1. The number of nitrogens with one attached hydrogen (secondary N) is 1. The van der Waals surface area contributed by atoms with E-state index >= 15 is 0 Å². The number of carbonyl (C=O) groups excluding carboxylic acids is 2. The number of benzene rings is 1. The van der Waals surface area contributed by atoms with Crippen molar-refractivity contribution in [3.05, 3.63) is 59.8 Å². The summed E-state index contributed by atoms with van der Waals surface area (Å²) >= 11 is 0. The summed E-state index contributed by atoms with van der Waals surface area (Å²) in [6.07, 6.45) is 7.35. The zero-order chi connectivity index (χ0) is 24.8. The summed E-state index contributed by atoms with van der Waals surface area (Å²) in [6, 6.07) is 9.26. The minimum absolute atomic E-state index is 0.303. The van der Waals surface area contributed by atoms with Crippen LogP contribution in [0.2, 0.25) is 0 Å². The van der Waals surface area contributed by atoms with Gasteiger partial charge in [0.2, 0.25) is 0 Å². The van der Waals surface area contributed by atoms with Crippen LogP contribution in [0.15, 0.2) is 47.7 Å². The van der Waals surface area contributed by atoms with E-state index in [0.717, 1.165) is 53.6 Å². The Morgan fingerprint density at radius 1 is 1.08 bits per heavy atom.